The molecule has 1 heterocycles. The molecule has 0 saturated carbocycles. The number of halogens is 1. The third-order valence-electron chi connectivity index (χ3n) is 2.64. The highest BCUT2D eigenvalue weighted by molar-refractivity contribution is 9.10. The Hall–Kier alpha value is -1.18. The van der Waals surface area contributed by atoms with Crippen LogP contribution in [-0.4, -0.2) is 32.4 Å². The number of rotatable bonds is 6. The van der Waals surface area contributed by atoms with E-state index in [-0.39, 0.29) is 12.4 Å². The van der Waals surface area contributed by atoms with E-state index in [0.29, 0.717) is 17.8 Å². The third-order valence-corrected chi connectivity index (χ3v) is 4.31. The second-order valence-electron chi connectivity index (χ2n) is 4.15. The molecule has 0 aliphatic carbocycles. The van der Waals surface area contributed by atoms with E-state index in [9.17, 15) is 8.42 Å². The van der Waals surface area contributed by atoms with E-state index in [4.69, 9.17) is 4.74 Å². The van der Waals surface area contributed by atoms with Crippen molar-refractivity contribution in [1.29, 1.82) is 0 Å². The largest absolute Gasteiger partial charge is 0.381 e. The number of pyridine rings is 1. The van der Waals surface area contributed by atoms with Crippen LogP contribution in [0.3, 0.4) is 0 Å². The normalized spacial score (nSPS) is 11.7. The first kappa shape index (κ1) is 15.2. The Balaban J connectivity index is 2.25. The Kier molecular flexibility index (Phi) is 4.95. The Labute approximate surface area is 126 Å². The fourth-order valence-electron chi connectivity index (χ4n) is 1.75. The van der Waals surface area contributed by atoms with E-state index >= 15 is 0 Å². The Morgan fingerprint density at radius 3 is 2.95 bits per heavy atom. The zero-order valence-electron chi connectivity index (χ0n) is 11.0. The predicted molar refractivity (Wildman–Crippen MR) is 83.3 cm³/mol. The molecule has 1 aromatic heterocycles. The lowest BCUT2D eigenvalue weighted by Gasteiger charge is -2.10. The summed E-state index contributed by atoms with van der Waals surface area (Å²) in [6.45, 7) is 2.50. The number of sulfonamides is 1. The lowest BCUT2D eigenvalue weighted by atomic mass is 10.2. The average Bonchev–Trinajstić information content (AvgIpc) is 2.38. The topological polar surface area (TPSA) is 68.3 Å². The van der Waals surface area contributed by atoms with Crippen molar-refractivity contribution in [2.24, 2.45) is 0 Å². The molecule has 7 heteroatoms. The van der Waals surface area contributed by atoms with Crippen molar-refractivity contribution in [1.82, 2.24) is 4.98 Å². The van der Waals surface area contributed by atoms with Crippen LogP contribution in [0.4, 0.5) is 5.69 Å². The van der Waals surface area contributed by atoms with Gasteiger partial charge < -0.3 is 4.74 Å². The number of aromatic nitrogens is 1. The van der Waals surface area contributed by atoms with Crippen LogP contribution in [0.25, 0.3) is 10.9 Å². The van der Waals surface area contributed by atoms with Crippen molar-refractivity contribution in [2.75, 3.05) is 23.7 Å². The zero-order valence-corrected chi connectivity index (χ0v) is 13.4. The molecule has 1 N–H and O–H groups in total. The van der Waals surface area contributed by atoms with Gasteiger partial charge in [0.15, 0.2) is 0 Å². The van der Waals surface area contributed by atoms with Crippen LogP contribution in [0.2, 0.25) is 0 Å². The summed E-state index contributed by atoms with van der Waals surface area (Å²) in [4.78, 5) is 4.26. The maximum Gasteiger partial charge on any atom is 0.235 e. The summed E-state index contributed by atoms with van der Waals surface area (Å²) in [6, 6.07) is 7.25. The fourth-order valence-corrected chi connectivity index (χ4v) is 3.04. The van der Waals surface area contributed by atoms with Crippen molar-refractivity contribution in [2.45, 2.75) is 6.92 Å². The van der Waals surface area contributed by atoms with E-state index in [1.807, 2.05) is 19.1 Å². The van der Waals surface area contributed by atoms with Gasteiger partial charge in [0.25, 0.3) is 0 Å². The van der Waals surface area contributed by atoms with Crippen LogP contribution in [0.1, 0.15) is 6.92 Å². The van der Waals surface area contributed by atoms with E-state index in [1.54, 1.807) is 18.3 Å². The van der Waals surface area contributed by atoms with E-state index in [1.165, 1.54) is 0 Å². The number of para-hydroxylation sites is 1. The summed E-state index contributed by atoms with van der Waals surface area (Å²) in [6.07, 6.45) is 1.64. The van der Waals surface area contributed by atoms with Gasteiger partial charge in [-0.05, 0) is 35.0 Å². The minimum Gasteiger partial charge on any atom is -0.381 e. The summed E-state index contributed by atoms with van der Waals surface area (Å²) >= 11 is 3.34. The van der Waals surface area contributed by atoms with Crippen LogP contribution in [-0.2, 0) is 14.8 Å². The molecular formula is C13H15BrN2O3S. The molecule has 2 aromatic rings. The van der Waals surface area contributed by atoms with Crippen molar-refractivity contribution in [3.05, 3.63) is 34.9 Å². The Bertz CT molecular complexity index is 704. The minimum absolute atomic E-state index is 0.0756. The molecule has 108 valence electrons. The van der Waals surface area contributed by atoms with E-state index in [2.05, 4.69) is 25.6 Å². The van der Waals surface area contributed by atoms with Gasteiger partial charge in [-0.15, -0.1) is 0 Å². The van der Waals surface area contributed by atoms with Crippen molar-refractivity contribution < 1.29 is 13.2 Å². The molecule has 5 nitrogen and oxygen atoms in total. The minimum atomic E-state index is -3.44. The first-order valence-corrected chi connectivity index (χ1v) is 8.59. The Morgan fingerprint density at radius 2 is 2.20 bits per heavy atom. The van der Waals surface area contributed by atoms with Crippen molar-refractivity contribution >= 4 is 42.5 Å². The average molecular weight is 359 g/mol. The molecule has 0 bridgehead atoms. The van der Waals surface area contributed by atoms with Gasteiger partial charge in [-0.25, -0.2) is 8.42 Å². The maximum absolute atomic E-state index is 12.0. The number of hydrogen-bond donors (Lipinski definition) is 1. The lowest BCUT2D eigenvalue weighted by molar-refractivity contribution is 0.163. The summed E-state index contributed by atoms with van der Waals surface area (Å²) in [5.74, 6) is -0.0756. The van der Waals surface area contributed by atoms with Gasteiger partial charge in [-0.1, -0.05) is 12.1 Å². The Morgan fingerprint density at radius 1 is 1.40 bits per heavy atom. The van der Waals surface area contributed by atoms with Crippen LogP contribution in [0.15, 0.2) is 34.9 Å². The van der Waals surface area contributed by atoms with Crippen molar-refractivity contribution in [3.63, 3.8) is 0 Å². The summed E-state index contributed by atoms with van der Waals surface area (Å²) in [5.41, 5.74) is 1.10. The lowest BCUT2D eigenvalue weighted by Crippen LogP contribution is -2.20. The first-order valence-electron chi connectivity index (χ1n) is 6.14. The molecule has 0 radical (unpaired) electrons. The number of fused-ring (bicyclic) bond motifs is 1. The first-order chi connectivity index (χ1) is 9.52. The van der Waals surface area contributed by atoms with Gasteiger partial charge in [0.2, 0.25) is 10.0 Å². The molecule has 0 amide bonds. The van der Waals surface area contributed by atoms with Gasteiger partial charge in [0.05, 0.1) is 23.6 Å². The monoisotopic (exact) mass is 358 g/mol. The highest BCUT2D eigenvalue weighted by Crippen LogP contribution is 2.24. The number of benzene rings is 1. The second-order valence-corrected chi connectivity index (χ2v) is 6.91. The highest BCUT2D eigenvalue weighted by atomic mass is 79.9. The smallest absolute Gasteiger partial charge is 0.235 e. The van der Waals surface area contributed by atoms with Crippen LogP contribution in [0.5, 0.6) is 0 Å². The van der Waals surface area contributed by atoms with Gasteiger partial charge in [-0.2, -0.15) is 0 Å². The SMILES string of the molecule is CCOCCS(=O)(=O)Nc1cccc2cc(Br)cnc12. The van der Waals surface area contributed by atoms with Gasteiger partial charge in [0.1, 0.15) is 0 Å². The molecule has 0 aliphatic rings. The molecule has 20 heavy (non-hydrogen) atoms. The van der Waals surface area contributed by atoms with Crippen LogP contribution in [0, 0.1) is 0 Å². The molecule has 0 unspecified atom stereocenters. The van der Waals surface area contributed by atoms with Crippen LogP contribution < -0.4 is 4.72 Å². The van der Waals surface area contributed by atoms with Crippen molar-refractivity contribution in [3.8, 4) is 0 Å². The molecule has 0 saturated heterocycles. The zero-order chi connectivity index (χ0) is 14.6. The number of hydrogen-bond acceptors (Lipinski definition) is 4. The van der Waals surface area contributed by atoms with E-state index < -0.39 is 10.0 Å². The van der Waals surface area contributed by atoms with Gasteiger partial charge >= 0.3 is 0 Å². The molecular weight excluding hydrogens is 344 g/mol. The number of nitrogens with one attached hydrogen (secondary N) is 1. The molecule has 2 rings (SSSR count). The molecule has 0 spiro atoms. The standard InChI is InChI=1S/C13H15BrN2O3S/c1-2-19-6-7-20(17,18)16-12-5-3-4-10-8-11(14)9-15-13(10)12/h3-5,8-9,16H,2,6-7H2,1H3. The maximum atomic E-state index is 12.0. The molecule has 0 fully saturated rings. The predicted octanol–water partition coefficient (Wildman–Crippen LogP) is 2.78. The summed E-state index contributed by atoms with van der Waals surface area (Å²) in [5, 5.41) is 0.865. The number of ether oxygens (including phenoxy) is 1. The molecule has 0 atom stereocenters. The van der Waals surface area contributed by atoms with Gasteiger partial charge in [-0.3, -0.25) is 9.71 Å². The number of anilines is 1. The van der Waals surface area contributed by atoms with Gasteiger partial charge in [0, 0.05) is 22.7 Å². The second kappa shape index (κ2) is 6.51. The van der Waals surface area contributed by atoms with E-state index in [0.717, 1.165) is 9.86 Å². The summed E-state index contributed by atoms with van der Waals surface area (Å²) in [7, 11) is -3.44. The molecule has 0 aliphatic heterocycles. The quantitative estimate of drug-likeness (QED) is 0.806. The highest BCUT2D eigenvalue weighted by Gasteiger charge is 2.12. The summed E-state index contributed by atoms with van der Waals surface area (Å²) < 4.78 is 32.4. The fraction of sp³-hybridized carbons (Fsp3) is 0.308. The third kappa shape index (κ3) is 3.91. The molecule has 1 aromatic carbocycles. The number of nitrogens with zero attached hydrogens (tertiary/aromatic N) is 1. The van der Waals surface area contributed by atoms with Crippen LogP contribution >= 0.6 is 15.9 Å².